The summed E-state index contributed by atoms with van der Waals surface area (Å²) in [7, 11) is 0. The molecule has 0 amide bonds. The van der Waals surface area contributed by atoms with Gasteiger partial charge < -0.3 is 9.84 Å². The van der Waals surface area contributed by atoms with E-state index in [1.165, 1.54) is 5.56 Å². The third-order valence-corrected chi connectivity index (χ3v) is 3.05. The van der Waals surface area contributed by atoms with Gasteiger partial charge in [-0.1, -0.05) is 55.8 Å². The second-order valence-electron chi connectivity index (χ2n) is 4.63. The quantitative estimate of drug-likeness (QED) is 0.853. The minimum Gasteiger partial charge on any atom is -0.491 e. The molecule has 0 radical (unpaired) electrons. The average Bonchev–Trinajstić information content (AvgIpc) is 2.47. The van der Waals surface area contributed by atoms with Crippen LogP contribution in [-0.4, -0.2) is 11.7 Å². The van der Waals surface area contributed by atoms with E-state index in [1.54, 1.807) is 0 Å². The van der Waals surface area contributed by atoms with Crippen LogP contribution in [0.25, 0.3) is 0 Å². The molecule has 0 aliphatic carbocycles. The van der Waals surface area contributed by atoms with Crippen LogP contribution in [0.1, 0.15) is 30.6 Å². The summed E-state index contributed by atoms with van der Waals surface area (Å²) in [6.45, 7) is 2.44. The van der Waals surface area contributed by atoms with Crippen LogP contribution in [0, 0.1) is 0 Å². The van der Waals surface area contributed by atoms with Crippen LogP contribution < -0.4 is 4.74 Å². The van der Waals surface area contributed by atoms with Crippen molar-refractivity contribution in [2.75, 3.05) is 6.61 Å². The lowest BCUT2D eigenvalue weighted by atomic mass is 10.0. The molecule has 0 aliphatic heterocycles. The van der Waals surface area contributed by atoms with E-state index in [0.717, 1.165) is 24.2 Å². The van der Waals surface area contributed by atoms with E-state index in [9.17, 15) is 5.11 Å². The first-order chi connectivity index (χ1) is 9.29. The Morgan fingerprint density at radius 2 is 1.68 bits per heavy atom. The first kappa shape index (κ1) is 13.6. The smallest absolute Gasteiger partial charge is 0.119 e. The Balaban J connectivity index is 1.90. The number of aliphatic hydroxyl groups excluding tert-OH is 1. The van der Waals surface area contributed by atoms with Gasteiger partial charge >= 0.3 is 0 Å². The van der Waals surface area contributed by atoms with Crippen LogP contribution in [0.2, 0.25) is 0 Å². The maximum Gasteiger partial charge on any atom is 0.119 e. The third kappa shape index (κ3) is 4.11. The summed E-state index contributed by atoms with van der Waals surface area (Å²) >= 11 is 0. The highest BCUT2D eigenvalue weighted by Gasteiger charge is 2.08. The van der Waals surface area contributed by atoms with Gasteiger partial charge in [-0.05, 0) is 29.7 Å². The molecule has 0 heterocycles. The van der Waals surface area contributed by atoms with Crippen LogP contribution in [0.15, 0.2) is 54.6 Å². The van der Waals surface area contributed by atoms with Gasteiger partial charge in [0.25, 0.3) is 0 Å². The molecule has 2 rings (SSSR count). The molecule has 0 saturated heterocycles. The Bertz CT molecular complexity index is 476. The SMILES string of the molecule is CCCc1ccc(C(O)COc2ccccc2)cc1. The van der Waals surface area contributed by atoms with E-state index in [0.29, 0.717) is 0 Å². The lowest BCUT2D eigenvalue weighted by Crippen LogP contribution is -2.09. The number of aliphatic hydroxyl groups is 1. The molecule has 2 aromatic rings. The second-order valence-corrected chi connectivity index (χ2v) is 4.63. The molecular formula is C17H20O2. The van der Waals surface area contributed by atoms with Gasteiger partial charge in [-0.3, -0.25) is 0 Å². The molecule has 0 saturated carbocycles. The van der Waals surface area contributed by atoms with Gasteiger partial charge in [-0.15, -0.1) is 0 Å². The molecular weight excluding hydrogens is 236 g/mol. The maximum atomic E-state index is 10.1. The van der Waals surface area contributed by atoms with Crippen molar-refractivity contribution >= 4 is 0 Å². The van der Waals surface area contributed by atoms with Gasteiger partial charge in [0.15, 0.2) is 0 Å². The maximum absolute atomic E-state index is 10.1. The van der Waals surface area contributed by atoms with E-state index < -0.39 is 6.10 Å². The van der Waals surface area contributed by atoms with Crippen LogP contribution >= 0.6 is 0 Å². The first-order valence-electron chi connectivity index (χ1n) is 6.74. The number of ether oxygens (including phenoxy) is 1. The summed E-state index contributed by atoms with van der Waals surface area (Å²) in [6, 6.07) is 17.6. The van der Waals surface area contributed by atoms with Crippen LogP contribution in [0.4, 0.5) is 0 Å². The van der Waals surface area contributed by atoms with Gasteiger partial charge in [-0.2, -0.15) is 0 Å². The molecule has 19 heavy (non-hydrogen) atoms. The van der Waals surface area contributed by atoms with E-state index in [1.807, 2.05) is 42.5 Å². The number of hydrogen-bond donors (Lipinski definition) is 1. The van der Waals surface area contributed by atoms with E-state index in [4.69, 9.17) is 4.74 Å². The topological polar surface area (TPSA) is 29.5 Å². The Hall–Kier alpha value is -1.80. The van der Waals surface area contributed by atoms with Gasteiger partial charge in [0, 0.05) is 0 Å². The zero-order chi connectivity index (χ0) is 13.5. The molecule has 2 nitrogen and oxygen atoms in total. The summed E-state index contributed by atoms with van der Waals surface area (Å²) in [5, 5.41) is 10.1. The standard InChI is InChI=1S/C17H20O2/c1-2-6-14-9-11-15(12-10-14)17(18)13-19-16-7-4-3-5-8-16/h3-5,7-12,17-18H,2,6,13H2,1H3. The van der Waals surface area contributed by atoms with Crippen molar-refractivity contribution < 1.29 is 9.84 Å². The fourth-order valence-corrected chi connectivity index (χ4v) is 1.98. The van der Waals surface area contributed by atoms with Crippen LogP contribution in [-0.2, 0) is 6.42 Å². The van der Waals surface area contributed by atoms with Gasteiger partial charge in [0.1, 0.15) is 18.5 Å². The molecule has 1 atom stereocenters. The number of hydrogen-bond acceptors (Lipinski definition) is 2. The largest absolute Gasteiger partial charge is 0.491 e. The number of para-hydroxylation sites is 1. The summed E-state index contributed by atoms with van der Waals surface area (Å²) in [5.74, 6) is 0.782. The molecule has 0 aromatic heterocycles. The molecule has 2 aromatic carbocycles. The Morgan fingerprint density at radius 1 is 1.00 bits per heavy atom. The minimum absolute atomic E-state index is 0.275. The zero-order valence-corrected chi connectivity index (χ0v) is 11.3. The lowest BCUT2D eigenvalue weighted by Gasteiger charge is -2.13. The normalized spacial score (nSPS) is 12.1. The molecule has 0 bridgehead atoms. The highest BCUT2D eigenvalue weighted by Crippen LogP contribution is 2.17. The highest BCUT2D eigenvalue weighted by molar-refractivity contribution is 5.25. The predicted molar refractivity (Wildman–Crippen MR) is 77.3 cm³/mol. The van der Waals surface area contributed by atoms with E-state index in [2.05, 4.69) is 19.1 Å². The van der Waals surface area contributed by atoms with Crippen LogP contribution in [0.3, 0.4) is 0 Å². The van der Waals surface area contributed by atoms with Gasteiger partial charge in [-0.25, -0.2) is 0 Å². The lowest BCUT2D eigenvalue weighted by molar-refractivity contribution is 0.108. The molecule has 2 heteroatoms. The molecule has 100 valence electrons. The zero-order valence-electron chi connectivity index (χ0n) is 11.3. The number of benzene rings is 2. The Labute approximate surface area is 114 Å². The second kappa shape index (κ2) is 6.95. The predicted octanol–water partition coefficient (Wildman–Crippen LogP) is 3.75. The molecule has 1 N–H and O–H groups in total. The molecule has 1 unspecified atom stereocenters. The highest BCUT2D eigenvalue weighted by atomic mass is 16.5. The van der Waals surface area contributed by atoms with E-state index in [-0.39, 0.29) is 6.61 Å². The Morgan fingerprint density at radius 3 is 2.32 bits per heavy atom. The fourth-order valence-electron chi connectivity index (χ4n) is 1.98. The average molecular weight is 256 g/mol. The summed E-state index contributed by atoms with van der Waals surface area (Å²) in [4.78, 5) is 0. The monoisotopic (exact) mass is 256 g/mol. The minimum atomic E-state index is -0.587. The summed E-state index contributed by atoms with van der Waals surface area (Å²) in [5.41, 5.74) is 2.21. The third-order valence-electron chi connectivity index (χ3n) is 3.05. The van der Waals surface area contributed by atoms with E-state index >= 15 is 0 Å². The van der Waals surface area contributed by atoms with Gasteiger partial charge in [0.2, 0.25) is 0 Å². The molecule has 0 fully saturated rings. The first-order valence-corrected chi connectivity index (χ1v) is 6.74. The van der Waals surface area contributed by atoms with Gasteiger partial charge in [0.05, 0.1) is 0 Å². The van der Waals surface area contributed by atoms with Crippen molar-refractivity contribution in [2.24, 2.45) is 0 Å². The van der Waals surface area contributed by atoms with Crippen molar-refractivity contribution in [1.82, 2.24) is 0 Å². The van der Waals surface area contributed by atoms with Crippen molar-refractivity contribution in [1.29, 1.82) is 0 Å². The molecule has 0 aliphatic rings. The van der Waals surface area contributed by atoms with Crippen molar-refractivity contribution in [3.8, 4) is 5.75 Å². The Kier molecular flexibility index (Phi) is 4.99. The fraction of sp³-hybridized carbons (Fsp3) is 0.294. The number of aryl methyl sites for hydroxylation is 1. The van der Waals surface area contributed by atoms with Crippen molar-refractivity contribution in [2.45, 2.75) is 25.9 Å². The number of rotatable bonds is 6. The molecule has 0 spiro atoms. The van der Waals surface area contributed by atoms with Crippen molar-refractivity contribution in [3.63, 3.8) is 0 Å². The van der Waals surface area contributed by atoms with Crippen LogP contribution in [0.5, 0.6) is 5.75 Å². The van der Waals surface area contributed by atoms with Crippen molar-refractivity contribution in [3.05, 3.63) is 65.7 Å². The summed E-state index contributed by atoms with van der Waals surface area (Å²) in [6.07, 6.45) is 1.63. The summed E-state index contributed by atoms with van der Waals surface area (Å²) < 4.78 is 5.55.